The molecule has 1 saturated heterocycles. The van der Waals surface area contributed by atoms with Crippen LogP contribution in [0, 0.1) is 5.92 Å². The summed E-state index contributed by atoms with van der Waals surface area (Å²) in [4.78, 5) is 10.5. The highest BCUT2D eigenvalue weighted by Crippen LogP contribution is 2.32. The molecule has 2 fully saturated rings. The van der Waals surface area contributed by atoms with Crippen molar-refractivity contribution in [3.63, 3.8) is 0 Å². The van der Waals surface area contributed by atoms with E-state index in [1.165, 1.54) is 25.7 Å². The van der Waals surface area contributed by atoms with Gasteiger partial charge in [-0.1, -0.05) is 26.7 Å². The Labute approximate surface area is 81.1 Å². The van der Waals surface area contributed by atoms with Gasteiger partial charge in [0.25, 0.3) is 0 Å². The van der Waals surface area contributed by atoms with Gasteiger partial charge in [-0.05, 0) is 25.2 Å². The molecule has 1 N–H and O–H groups in total. The van der Waals surface area contributed by atoms with Crippen LogP contribution < -0.4 is 5.32 Å². The van der Waals surface area contributed by atoms with E-state index in [1.807, 2.05) is 13.8 Å². The van der Waals surface area contributed by atoms with E-state index in [1.54, 1.807) is 0 Å². The number of hydrogen-bond donors (Lipinski definition) is 1. The summed E-state index contributed by atoms with van der Waals surface area (Å²) < 4.78 is 0. The zero-order valence-corrected chi connectivity index (χ0v) is 8.75. The van der Waals surface area contributed by atoms with Gasteiger partial charge in [-0.15, -0.1) is 0 Å². The van der Waals surface area contributed by atoms with Crippen LogP contribution in [0.4, 0.5) is 0 Å². The maximum Gasteiger partial charge on any atom is 0.136 e. The lowest BCUT2D eigenvalue weighted by Crippen LogP contribution is -2.33. The second-order valence-electron chi connectivity index (χ2n) is 3.80. The van der Waals surface area contributed by atoms with Crippen LogP contribution in [0.3, 0.4) is 0 Å². The van der Waals surface area contributed by atoms with Crippen LogP contribution in [0.15, 0.2) is 0 Å². The van der Waals surface area contributed by atoms with Crippen LogP contribution in [0.1, 0.15) is 46.0 Å². The second kappa shape index (κ2) is 5.38. The Kier molecular flexibility index (Phi) is 4.43. The summed E-state index contributed by atoms with van der Waals surface area (Å²) >= 11 is 0. The lowest BCUT2D eigenvalue weighted by molar-refractivity contribution is -0.109. The Balaban J connectivity index is 0.000000396. The molecule has 2 heteroatoms. The fourth-order valence-electron chi connectivity index (χ4n) is 2.47. The summed E-state index contributed by atoms with van der Waals surface area (Å²) in [5.41, 5.74) is 0. The summed E-state index contributed by atoms with van der Waals surface area (Å²) in [6.07, 6.45) is 7.50. The number of fused-ring (bicyclic) bond motifs is 1. The third-order valence-electron chi connectivity index (χ3n) is 3.06. The molecule has 2 nitrogen and oxygen atoms in total. The predicted molar refractivity (Wildman–Crippen MR) is 54.7 cm³/mol. The van der Waals surface area contributed by atoms with Crippen molar-refractivity contribution in [2.24, 2.45) is 5.92 Å². The molecule has 2 rings (SSSR count). The molecule has 0 amide bonds. The minimum absolute atomic E-state index is 0.170. The van der Waals surface area contributed by atoms with Gasteiger partial charge >= 0.3 is 0 Å². The van der Waals surface area contributed by atoms with Crippen molar-refractivity contribution >= 4 is 6.29 Å². The number of nitrogens with one attached hydrogen (secondary N) is 1. The minimum Gasteiger partial charge on any atom is -0.305 e. The highest BCUT2D eigenvalue weighted by atomic mass is 16.1. The zero-order valence-electron chi connectivity index (χ0n) is 8.75. The van der Waals surface area contributed by atoms with Crippen LogP contribution in [0.25, 0.3) is 0 Å². The van der Waals surface area contributed by atoms with Crippen molar-refractivity contribution in [3.8, 4) is 0 Å². The molecule has 0 bridgehead atoms. The fraction of sp³-hybridized carbons (Fsp3) is 0.909. The summed E-state index contributed by atoms with van der Waals surface area (Å²) in [6, 6.07) is 0.835. The normalized spacial score (nSPS) is 37.2. The van der Waals surface area contributed by atoms with Gasteiger partial charge < -0.3 is 10.1 Å². The average molecular weight is 183 g/mol. The molecule has 0 aromatic rings. The summed E-state index contributed by atoms with van der Waals surface area (Å²) in [6.45, 7) is 4.00. The van der Waals surface area contributed by atoms with Crippen molar-refractivity contribution in [3.05, 3.63) is 0 Å². The number of rotatable bonds is 1. The van der Waals surface area contributed by atoms with E-state index in [0.29, 0.717) is 6.04 Å². The SMILES string of the molecule is CC.O=C[C@@H]1CC2CCCCC2N1. The molecule has 2 aliphatic rings. The maximum atomic E-state index is 10.5. The van der Waals surface area contributed by atoms with E-state index in [4.69, 9.17) is 0 Å². The first-order chi connectivity index (χ1) is 6.40. The lowest BCUT2D eigenvalue weighted by atomic mass is 9.85. The molecular formula is C11H21NO. The zero-order chi connectivity index (χ0) is 9.68. The van der Waals surface area contributed by atoms with Gasteiger partial charge in [0, 0.05) is 6.04 Å². The van der Waals surface area contributed by atoms with Gasteiger partial charge in [0.15, 0.2) is 0 Å². The summed E-state index contributed by atoms with van der Waals surface area (Å²) in [7, 11) is 0. The molecule has 76 valence electrons. The van der Waals surface area contributed by atoms with Crippen LogP contribution in [-0.2, 0) is 4.79 Å². The van der Waals surface area contributed by atoms with Crippen LogP contribution >= 0.6 is 0 Å². The molecule has 0 spiro atoms. The maximum absolute atomic E-state index is 10.5. The van der Waals surface area contributed by atoms with Gasteiger partial charge in [-0.2, -0.15) is 0 Å². The molecule has 13 heavy (non-hydrogen) atoms. The Morgan fingerprint density at radius 3 is 2.54 bits per heavy atom. The molecule has 1 aliphatic heterocycles. The van der Waals surface area contributed by atoms with E-state index >= 15 is 0 Å². The van der Waals surface area contributed by atoms with E-state index in [-0.39, 0.29) is 6.04 Å². The van der Waals surface area contributed by atoms with Crippen molar-refractivity contribution in [1.29, 1.82) is 0 Å². The predicted octanol–water partition coefficient (Wildman–Crippen LogP) is 2.13. The quantitative estimate of drug-likeness (QED) is 0.631. The third kappa shape index (κ3) is 2.53. The fourth-order valence-corrected chi connectivity index (χ4v) is 2.47. The standard InChI is InChI=1S/C9H15NO.C2H6/c11-6-8-5-7-3-1-2-4-9(7)10-8;1-2/h6-10H,1-5H2;1-2H3/t7?,8-,9?;/m0./s1. The number of carbonyl (C=O) groups is 1. The topological polar surface area (TPSA) is 29.1 Å². The van der Waals surface area contributed by atoms with Crippen LogP contribution in [0.5, 0.6) is 0 Å². The van der Waals surface area contributed by atoms with Crippen molar-refractivity contribution in [2.75, 3.05) is 0 Å². The van der Waals surface area contributed by atoms with Gasteiger partial charge in [-0.25, -0.2) is 0 Å². The first kappa shape index (κ1) is 10.7. The highest BCUT2D eigenvalue weighted by molar-refractivity contribution is 5.58. The Morgan fingerprint density at radius 2 is 1.92 bits per heavy atom. The average Bonchev–Trinajstić information content (AvgIpc) is 2.63. The smallest absolute Gasteiger partial charge is 0.136 e. The largest absolute Gasteiger partial charge is 0.305 e. The lowest BCUT2D eigenvalue weighted by Gasteiger charge is -2.24. The van der Waals surface area contributed by atoms with E-state index in [9.17, 15) is 4.79 Å². The highest BCUT2D eigenvalue weighted by Gasteiger charge is 2.34. The van der Waals surface area contributed by atoms with Gasteiger partial charge in [0.1, 0.15) is 6.29 Å². The first-order valence-corrected chi connectivity index (χ1v) is 5.61. The summed E-state index contributed by atoms with van der Waals surface area (Å²) in [5, 5.41) is 3.37. The molecule has 3 atom stereocenters. The Morgan fingerprint density at radius 1 is 1.23 bits per heavy atom. The monoisotopic (exact) mass is 183 g/mol. The molecule has 1 saturated carbocycles. The van der Waals surface area contributed by atoms with E-state index in [2.05, 4.69) is 5.32 Å². The van der Waals surface area contributed by atoms with E-state index < -0.39 is 0 Å². The Bertz CT molecular complexity index is 144. The van der Waals surface area contributed by atoms with Crippen LogP contribution in [-0.4, -0.2) is 18.4 Å². The van der Waals surface area contributed by atoms with Gasteiger partial charge in [0.2, 0.25) is 0 Å². The van der Waals surface area contributed by atoms with E-state index in [0.717, 1.165) is 18.6 Å². The second-order valence-corrected chi connectivity index (χ2v) is 3.80. The van der Waals surface area contributed by atoms with Gasteiger partial charge in [-0.3, -0.25) is 0 Å². The molecular weight excluding hydrogens is 162 g/mol. The summed E-state index contributed by atoms with van der Waals surface area (Å²) in [5.74, 6) is 0.805. The van der Waals surface area contributed by atoms with Crippen molar-refractivity contribution in [2.45, 2.75) is 58.0 Å². The van der Waals surface area contributed by atoms with Gasteiger partial charge in [0.05, 0.1) is 6.04 Å². The van der Waals surface area contributed by atoms with Crippen molar-refractivity contribution < 1.29 is 4.79 Å². The third-order valence-corrected chi connectivity index (χ3v) is 3.06. The van der Waals surface area contributed by atoms with Crippen LogP contribution in [0.2, 0.25) is 0 Å². The molecule has 1 heterocycles. The minimum atomic E-state index is 0.170. The Hall–Kier alpha value is -0.370. The molecule has 1 aliphatic carbocycles. The number of carbonyl (C=O) groups excluding carboxylic acids is 1. The number of aldehydes is 1. The molecule has 2 unspecified atom stereocenters. The molecule has 0 aromatic carbocycles. The molecule has 0 aromatic heterocycles. The molecule has 0 radical (unpaired) electrons. The van der Waals surface area contributed by atoms with Crippen molar-refractivity contribution in [1.82, 2.24) is 5.32 Å². The first-order valence-electron chi connectivity index (χ1n) is 5.61. The number of hydrogen-bond acceptors (Lipinski definition) is 2.